The van der Waals surface area contributed by atoms with Crippen LogP contribution >= 0.6 is 0 Å². The van der Waals surface area contributed by atoms with Crippen molar-refractivity contribution in [3.63, 3.8) is 0 Å². The number of nitrogens with one attached hydrogen (secondary N) is 2. The minimum absolute atomic E-state index is 0.225. The van der Waals surface area contributed by atoms with Crippen LogP contribution in [-0.4, -0.2) is 39.5 Å². The molecule has 3 rings (SSSR count). The minimum Gasteiger partial charge on any atom is -0.384 e. The molecule has 3 atom stereocenters. The molecule has 0 saturated heterocycles. The van der Waals surface area contributed by atoms with Gasteiger partial charge in [-0.1, -0.05) is 44.9 Å². The third-order valence-electron chi connectivity index (χ3n) is 5.60. The van der Waals surface area contributed by atoms with Gasteiger partial charge in [0.05, 0.1) is 12.0 Å². The number of amides is 2. The third kappa shape index (κ3) is 5.28. The Kier molecular flexibility index (Phi) is 7.04. The second-order valence-corrected chi connectivity index (χ2v) is 8.23. The molecule has 1 heterocycles. The molecule has 1 aromatic carbocycles. The highest BCUT2D eigenvalue weighted by Crippen LogP contribution is 2.26. The first-order valence-corrected chi connectivity index (χ1v) is 10.5. The highest BCUT2D eigenvalue weighted by molar-refractivity contribution is 5.99. The van der Waals surface area contributed by atoms with Gasteiger partial charge < -0.3 is 15.1 Å². The second kappa shape index (κ2) is 9.72. The van der Waals surface area contributed by atoms with Crippen LogP contribution in [-0.2, 0) is 11.8 Å². The molecular formula is C22H28N4O5. The number of nitrogens with zero attached hydrogens (tertiary/aromatic N) is 2. The van der Waals surface area contributed by atoms with Crippen molar-refractivity contribution in [2.24, 2.45) is 18.9 Å². The summed E-state index contributed by atoms with van der Waals surface area (Å²) in [4.78, 5) is 50.1. The molecule has 1 saturated carbocycles. The van der Waals surface area contributed by atoms with Crippen LogP contribution in [0.3, 0.4) is 0 Å². The van der Waals surface area contributed by atoms with Crippen molar-refractivity contribution in [2.75, 3.05) is 0 Å². The van der Waals surface area contributed by atoms with Gasteiger partial charge in [-0.2, -0.15) is 4.68 Å². The molecule has 9 nitrogen and oxygen atoms in total. The average molecular weight is 428 g/mol. The fourth-order valence-corrected chi connectivity index (χ4v) is 3.83. The summed E-state index contributed by atoms with van der Waals surface area (Å²) in [5.74, 6) is -2.85. The maximum atomic E-state index is 13.1. The van der Waals surface area contributed by atoms with E-state index in [1.807, 2.05) is 6.07 Å². The largest absolute Gasteiger partial charge is 0.437 e. The molecule has 2 aromatic rings. The number of carbonyl (C=O) groups excluding carboxylic acids is 3. The van der Waals surface area contributed by atoms with Crippen molar-refractivity contribution in [1.82, 2.24) is 20.4 Å². The summed E-state index contributed by atoms with van der Waals surface area (Å²) in [5, 5.41) is 9.59. The van der Waals surface area contributed by atoms with Gasteiger partial charge >= 0.3 is 5.76 Å². The number of aromatic nitrogens is 2. The highest BCUT2D eigenvalue weighted by Gasteiger charge is 2.36. The van der Waals surface area contributed by atoms with E-state index in [9.17, 15) is 19.2 Å². The normalized spacial score (nSPS) is 19.6. The summed E-state index contributed by atoms with van der Waals surface area (Å²) in [6.07, 6.45) is 3.08. The fourth-order valence-electron chi connectivity index (χ4n) is 3.83. The highest BCUT2D eigenvalue weighted by atomic mass is 16.4. The van der Waals surface area contributed by atoms with Crippen LogP contribution in [0, 0.1) is 11.8 Å². The number of hydrogen-bond acceptors (Lipinski definition) is 6. The van der Waals surface area contributed by atoms with Gasteiger partial charge in [-0.25, -0.2) is 4.79 Å². The van der Waals surface area contributed by atoms with Gasteiger partial charge in [0.15, 0.2) is 0 Å². The summed E-state index contributed by atoms with van der Waals surface area (Å²) < 4.78 is 5.83. The SMILES string of the molecule is CC(C)[C@H](NC(=O)[C@@H]1CCCC[C@@H]1NC(=O)c1ccccc1)C(=O)c1nn(C)c(=O)o1. The minimum atomic E-state index is -0.891. The van der Waals surface area contributed by atoms with Gasteiger partial charge in [-0.05, 0) is 30.9 Å². The van der Waals surface area contributed by atoms with E-state index in [2.05, 4.69) is 15.7 Å². The van der Waals surface area contributed by atoms with Crippen molar-refractivity contribution in [1.29, 1.82) is 0 Å². The molecule has 2 N–H and O–H groups in total. The van der Waals surface area contributed by atoms with Crippen LogP contribution in [0.2, 0.25) is 0 Å². The zero-order valence-corrected chi connectivity index (χ0v) is 18.0. The van der Waals surface area contributed by atoms with Gasteiger partial charge in [0.1, 0.15) is 0 Å². The standard InChI is InChI=1S/C22H28N4O5/c1-13(2)17(18(27)21-25-26(3)22(30)31-21)24-20(29)15-11-7-8-12-16(15)23-19(28)14-9-5-4-6-10-14/h4-6,9-10,13,15-17H,7-8,11-12H2,1-3H3,(H,23,28)(H,24,29)/t15-,16+,17+/m1/s1. The Morgan fingerprint density at radius 2 is 1.81 bits per heavy atom. The molecule has 0 aliphatic heterocycles. The molecule has 1 aliphatic carbocycles. The van der Waals surface area contributed by atoms with Gasteiger partial charge in [0.25, 0.3) is 11.8 Å². The first-order chi connectivity index (χ1) is 14.8. The summed E-state index contributed by atoms with van der Waals surface area (Å²) in [6.45, 7) is 3.58. The van der Waals surface area contributed by atoms with Crippen LogP contribution in [0.5, 0.6) is 0 Å². The van der Waals surface area contributed by atoms with Crippen LogP contribution in [0.15, 0.2) is 39.5 Å². The van der Waals surface area contributed by atoms with Crippen LogP contribution in [0.4, 0.5) is 0 Å². The van der Waals surface area contributed by atoms with Crippen molar-refractivity contribution >= 4 is 17.6 Å². The lowest BCUT2D eigenvalue weighted by Crippen LogP contribution is -2.53. The maximum Gasteiger partial charge on any atom is 0.437 e. The zero-order valence-electron chi connectivity index (χ0n) is 18.0. The lowest BCUT2D eigenvalue weighted by Gasteiger charge is -2.32. The van der Waals surface area contributed by atoms with Crippen LogP contribution < -0.4 is 16.4 Å². The van der Waals surface area contributed by atoms with Gasteiger partial charge in [-0.3, -0.25) is 14.4 Å². The van der Waals surface area contributed by atoms with E-state index < -0.39 is 23.5 Å². The Morgan fingerprint density at radius 3 is 2.42 bits per heavy atom. The van der Waals surface area contributed by atoms with E-state index in [0.29, 0.717) is 18.4 Å². The Balaban J connectivity index is 1.72. The van der Waals surface area contributed by atoms with Gasteiger partial charge in [-0.15, -0.1) is 5.10 Å². The molecule has 0 unspecified atom stereocenters. The molecule has 1 fully saturated rings. The molecule has 2 amide bonds. The lowest BCUT2D eigenvalue weighted by molar-refractivity contribution is -0.127. The van der Waals surface area contributed by atoms with Crippen molar-refractivity contribution in [2.45, 2.75) is 51.6 Å². The quantitative estimate of drug-likeness (QED) is 0.647. The number of rotatable bonds is 7. The molecular weight excluding hydrogens is 400 g/mol. The summed E-state index contributed by atoms with van der Waals surface area (Å²) in [5.41, 5.74) is 0.535. The predicted octanol–water partition coefficient (Wildman–Crippen LogP) is 1.69. The van der Waals surface area contributed by atoms with E-state index in [1.54, 1.807) is 38.1 Å². The van der Waals surface area contributed by atoms with Crippen LogP contribution in [0.1, 0.15) is 60.6 Å². The van der Waals surface area contributed by atoms with E-state index in [-0.39, 0.29) is 29.7 Å². The Bertz CT molecular complexity index is 995. The first kappa shape index (κ1) is 22.5. The van der Waals surface area contributed by atoms with E-state index >= 15 is 0 Å². The van der Waals surface area contributed by atoms with E-state index in [1.165, 1.54) is 7.05 Å². The third-order valence-corrected chi connectivity index (χ3v) is 5.60. The molecule has 0 spiro atoms. The van der Waals surface area contributed by atoms with Gasteiger partial charge in [0.2, 0.25) is 11.7 Å². The van der Waals surface area contributed by atoms with Crippen molar-refractivity contribution in [3.05, 3.63) is 52.3 Å². The molecule has 166 valence electrons. The Labute approximate surface area is 180 Å². The van der Waals surface area contributed by atoms with E-state index in [0.717, 1.165) is 17.5 Å². The Hall–Kier alpha value is -3.23. The molecule has 31 heavy (non-hydrogen) atoms. The number of ketones is 1. The smallest absolute Gasteiger partial charge is 0.384 e. The van der Waals surface area contributed by atoms with Crippen molar-refractivity contribution < 1.29 is 18.8 Å². The average Bonchev–Trinajstić information content (AvgIpc) is 3.10. The Morgan fingerprint density at radius 1 is 1.13 bits per heavy atom. The molecule has 1 aromatic heterocycles. The molecule has 9 heteroatoms. The summed E-state index contributed by atoms with van der Waals surface area (Å²) >= 11 is 0. The number of benzene rings is 1. The number of aryl methyl sites for hydroxylation is 1. The summed E-state index contributed by atoms with van der Waals surface area (Å²) in [7, 11) is 1.38. The number of carbonyl (C=O) groups is 3. The van der Waals surface area contributed by atoms with Crippen molar-refractivity contribution in [3.8, 4) is 0 Å². The molecule has 1 aliphatic rings. The van der Waals surface area contributed by atoms with Crippen LogP contribution in [0.25, 0.3) is 0 Å². The summed E-state index contributed by atoms with van der Waals surface area (Å²) in [6, 6.07) is 7.64. The molecule has 0 radical (unpaired) electrons. The van der Waals surface area contributed by atoms with E-state index in [4.69, 9.17) is 4.42 Å². The second-order valence-electron chi connectivity index (χ2n) is 8.23. The monoisotopic (exact) mass is 428 g/mol. The van der Waals surface area contributed by atoms with Gasteiger partial charge in [0, 0.05) is 18.7 Å². The lowest BCUT2D eigenvalue weighted by atomic mass is 9.83. The zero-order chi connectivity index (χ0) is 22.5. The topological polar surface area (TPSA) is 123 Å². The maximum absolute atomic E-state index is 13.1. The predicted molar refractivity (Wildman–Crippen MR) is 112 cm³/mol. The number of hydrogen-bond donors (Lipinski definition) is 2. The number of Topliss-reactive ketones (excluding diaryl/α,β-unsaturated/α-hetero) is 1. The first-order valence-electron chi connectivity index (χ1n) is 10.5. The fraction of sp³-hybridized carbons (Fsp3) is 0.500. The molecule has 0 bridgehead atoms.